The molecule has 0 radical (unpaired) electrons. The first-order chi connectivity index (χ1) is 7.27. The Bertz CT molecular complexity index is 465. The largest absolute Gasteiger partial charge is 0.320 e. The van der Waals surface area contributed by atoms with Crippen molar-refractivity contribution in [1.29, 1.82) is 0 Å². The summed E-state index contributed by atoms with van der Waals surface area (Å²) in [6, 6.07) is 11.1. The van der Waals surface area contributed by atoms with Crippen molar-refractivity contribution in [3.8, 4) is 0 Å². The van der Waals surface area contributed by atoms with Gasteiger partial charge in [0.1, 0.15) is 0 Å². The van der Waals surface area contributed by atoms with Crippen LogP contribution in [-0.4, -0.2) is 5.91 Å². The van der Waals surface area contributed by atoms with Crippen LogP contribution in [0.1, 0.15) is 9.67 Å². The van der Waals surface area contributed by atoms with Crippen LogP contribution in [0.15, 0.2) is 46.7 Å². The van der Waals surface area contributed by atoms with Gasteiger partial charge in [-0.2, -0.15) is 0 Å². The summed E-state index contributed by atoms with van der Waals surface area (Å²) in [5.41, 5.74) is 0.735. The Balaban J connectivity index is 2.17. The Hall–Kier alpha value is -1.26. The van der Waals surface area contributed by atoms with Crippen LogP contribution >= 0.6 is 24.0 Å². The number of rotatable bonds is 2. The molecule has 76 valence electrons. The molecular weight excluding hydrogens is 226 g/mol. The third-order valence-corrected chi connectivity index (χ3v) is 3.16. The Morgan fingerprint density at radius 2 is 2.00 bits per heavy atom. The highest BCUT2D eigenvalue weighted by Gasteiger charge is 2.07. The number of nitrogens with one attached hydrogen (secondary N) is 1. The minimum atomic E-state index is -0.0912. The van der Waals surface area contributed by atoms with E-state index in [1.807, 2.05) is 35.7 Å². The zero-order chi connectivity index (χ0) is 10.7. The van der Waals surface area contributed by atoms with Gasteiger partial charge in [-0.3, -0.25) is 4.79 Å². The lowest BCUT2D eigenvalue weighted by Crippen LogP contribution is -2.10. The number of carbonyl (C=O) groups excluding carboxylic acids is 1. The Morgan fingerprint density at radius 1 is 1.20 bits per heavy atom. The molecule has 1 N–H and O–H groups in total. The predicted molar refractivity (Wildman–Crippen MR) is 66.0 cm³/mol. The van der Waals surface area contributed by atoms with Gasteiger partial charge in [0.25, 0.3) is 5.91 Å². The van der Waals surface area contributed by atoms with Gasteiger partial charge in [0.2, 0.25) is 0 Å². The minimum absolute atomic E-state index is 0.0912. The molecule has 1 amide bonds. The Labute approximate surface area is 97.4 Å². The molecular formula is C11H9NOS2. The topological polar surface area (TPSA) is 29.1 Å². The van der Waals surface area contributed by atoms with Gasteiger partial charge in [-0.25, -0.2) is 0 Å². The van der Waals surface area contributed by atoms with E-state index < -0.39 is 0 Å². The van der Waals surface area contributed by atoms with Crippen molar-refractivity contribution in [2.24, 2.45) is 0 Å². The molecule has 0 atom stereocenters. The highest BCUT2D eigenvalue weighted by Crippen LogP contribution is 2.20. The second-order valence-electron chi connectivity index (χ2n) is 2.95. The van der Waals surface area contributed by atoms with Gasteiger partial charge >= 0.3 is 0 Å². The molecule has 1 aromatic heterocycles. The molecule has 15 heavy (non-hydrogen) atoms. The molecule has 2 nitrogen and oxygen atoms in total. The van der Waals surface area contributed by atoms with Gasteiger partial charge in [0.05, 0.1) is 10.6 Å². The molecule has 0 saturated carbocycles. The second kappa shape index (κ2) is 4.51. The highest BCUT2D eigenvalue weighted by atomic mass is 32.1. The molecule has 1 heterocycles. The molecule has 0 fully saturated rings. The van der Waals surface area contributed by atoms with E-state index in [-0.39, 0.29) is 5.91 Å². The summed E-state index contributed by atoms with van der Waals surface area (Å²) in [7, 11) is 0. The summed E-state index contributed by atoms with van der Waals surface area (Å²) in [6.07, 6.45) is 0. The minimum Gasteiger partial charge on any atom is -0.320 e. The van der Waals surface area contributed by atoms with Crippen LogP contribution in [0.25, 0.3) is 0 Å². The van der Waals surface area contributed by atoms with Crippen molar-refractivity contribution >= 4 is 35.6 Å². The number of anilines is 1. The maximum absolute atomic E-state index is 11.7. The molecule has 4 heteroatoms. The molecule has 2 rings (SSSR count). The molecule has 1 aromatic carbocycles. The van der Waals surface area contributed by atoms with Gasteiger partial charge in [-0.1, -0.05) is 18.2 Å². The molecule has 0 bridgehead atoms. The maximum Gasteiger partial charge on any atom is 0.265 e. The van der Waals surface area contributed by atoms with Crippen molar-refractivity contribution in [2.75, 3.05) is 5.32 Å². The first kappa shape index (κ1) is 10.3. The molecule has 0 aliphatic rings. The molecule has 0 aliphatic carbocycles. The fourth-order valence-electron chi connectivity index (χ4n) is 1.17. The van der Waals surface area contributed by atoms with Crippen LogP contribution in [0, 0.1) is 0 Å². The van der Waals surface area contributed by atoms with Gasteiger partial charge in [-0.15, -0.1) is 24.0 Å². The van der Waals surface area contributed by atoms with Crippen molar-refractivity contribution in [3.63, 3.8) is 0 Å². The predicted octanol–water partition coefficient (Wildman–Crippen LogP) is 3.29. The summed E-state index contributed by atoms with van der Waals surface area (Å²) >= 11 is 5.68. The molecule has 0 saturated heterocycles. The van der Waals surface area contributed by atoms with E-state index in [1.54, 1.807) is 6.07 Å². The van der Waals surface area contributed by atoms with Crippen LogP contribution in [0.4, 0.5) is 5.69 Å². The molecule has 0 spiro atoms. The average Bonchev–Trinajstić information content (AvgIpc) is 2.74. The normalized spacial score (nSPS) is 9.93. The van der Waals surface area contributed by atoms with Crippen molar-refractivity contribution < 1.29 is 4.79 Å². The van der Waals surface area contributed by atoms with Crippen molar-refractivity contribution in [1.82, 2.24) is 0 Å². The van der Waals surface area contributed by atoms with Gasteiger partial charge in [-0.05, 0) is 23.6 Å². The van der Waals surface area contributed by atoms with Crippen molar-refractivity contribution in [3.05, 3.63) is 46.7 Å². The van der Waals surface area contributed by atoms with E-state index in [9.17, 15) is 4.79 Å². The lowest BCUT2D eigenvalue weighted by molar-refractivity contribution is 0.103. The van der Waals surface area contributed by atoms with E-state index in [0.29, 0.717) is 4.88 Å². The van der Waals surface area contributed by atoms with E-state index in [1.165, 1.54) is 11.3 Å². The Morgan fingerprint density at radius 3 is 2.67 bits per heavy atom. The number of hydrogen-bond donors (Lipinski definition) is 2. The fourth-order valence-corrected chi connectivity index (χ4v) is 2.01. The first-order valence-corrected chi connectivity index (χ1v) is 5.73. The average molecular weight is 235 g/mol. The SMILES string of the molecule is O=C(Nc1ccccc1S)c1cccs1. The van der Waals surface area contributed by atoms with E-state index in [0.717, 1.165) is 10.6 Å². The zero-order valence-electron chi connectivity index (χ0n) is 7.81. The molecule has 2 aromatic rings. The van der Waals surface area contributed by atoms with Crippen molar-refractivity contribution in [2.45, 2.75) is 4.90 Å². The van der Waals surface area contributed by atoms with Gasteiger partial charge < -0.3 is 5.32 Å². The first-order valence-electron chi connectivity index (χ1n) is 4.40. The number of benzene rings is 1. The van der Waals surface area contributed by atoms with E-state index in [2.05, 4.69) is 17.9 Å². The quantitative estimate of drug-likeness (QED) is 0.768. The summed E-state index contributed by atoms with van der Waals surface area (Å²) in [5, 5.41) is 4.68. The van der Waals surface area contributed by atoms with Gasteiger partial charge in [0, 0.05) is 4.90 Å². The van der Waals surface area contributed by atoms with Crippen LogP contribution in [-0.2, 0) is 0 Å². The number of hydrogen-bond acceptors (Lipinski definition) is 3. The summed E-state index contributed by atoms with van der Waals surface area (Å²) in [6.45, 7) is 0. The van der Waals surface area contributed by atoms with Crippen LogP contribution < -0.4 is 5.32 Å². The van der Waals surface area contributed by atoms with E-state index in [4.69, 9.17) is 0 Å². The fraction of sp³-hybridized carbons (Fsp3) is 0. The summed E-state index contributed by atoms with van der Waals surface area (Å²) < 4.78 is 0. The van der Waals surface area contributed by atoms with Crippen LogP contribution in [0.3, 0.4) is 0 Å². The molecule has 0 unspecified atom stereocenters. The lowest BCUT2D eigenvalue weighted by Gasteiger charge is -2.05. The monoisotopic (exact) mass is 235 g/mol. The van der Waals surface area contributed by atoms with Crippen LogP contribution in [0.5, 0.6) is 0 Å². The lowest BCUT2D eigenvalue weighted by atomic mass is 10.3. The molecule has 0 aliphatic heterocycles. The number of para-hydroxylation sites is 1. The third-order valence-electron chi connectivity index (χ3n) is 1.90. The van der Waals surface area contributed by atoms with Gasteiger partial charge in [0.15, 0.2) is 0 Å². The number of amides is 1. The summed E-state index contributed by atoms with van der Waals surface area (Å²) in [5.74, 6) is -0.0912. The smallest absolute Gasteiger partial charge is 0.265 e. The maximum atomic E-state index is 11.7. The van der Waals surface area contributed by atoms with E-state index >= 15 is 0 Å². The Kier molecular flexibility index (Phi) is 3.08. The number of thiol groups is 1. The standard InChI is InChI=1S/C11H9NOS2/c13-11(10-6-3-7-15-10)12-8-4-1-2-5-9(8)14/h1-7,14H,(H,12,13). The summed E-state index contributed by atoms with van der Waals surface area (Å²) in [4.78, 5) is 13.2. The highest BCUT2D eigenvalue weighted by molar-refractivity contribution is 7.80. The van der Waals surface area contributed by atoms with Crippen LogP contribution in [0.2, 0.25) is 0 Å². The number of carbonyl (C=O) groups is 1. The second-order valence-corrected chi connectivity index (χ2v) is 4.38. The zero-order valence-corrected chi connectivity index (χ0v) is 9.52. The third kappa shape index (κ3) is 2.40. The number of thiophene rings is 1.